The summed E-state index contributed by atoms with van der Waals surface area (Å²) in [6, 6.07) is 4.52. The number of sulfonamides is 1. The summed E-state index contributed by atoms with van der Waals surface area (Å²) >= 11 is 0. The molecule has 1 saturated heterocycles. The summed E-state index contributed by atoms with van der Waals surface area (Å²) in [5, 5.41) is 8.98. The van der Waals surface area contributed by atoms with E-state index in [1.807, 2.05) is 6.07 Å². The number of nitriles is 1. The van der Waals surface area contributed by atoms with Crippen molar-refractivity contribution in [1.29, 1.82) is 5.26 Å². The molecule has 1 fully saturated rings. The first-order valence-electron chi connectivity index (χ1n) is 7.68. The average Bonchev–Trinajstić information content (AvgIpc) is 3.03. The molecule has 136 valence electrons. The van der Waals surface area contributed by atoms with Crippen molar-refractivity contribution in [1.82, 2.24) is 14.3 Å². The Morgan fingerprint density at radius 1 is 1.23 bits per heavy atom. The number of benzene rings is 1. The van der Waals surface area contributed by atoms with Crippen LogP contribution in [-0.4, -0.2) is 41.9 Å². The summed E-state index contributed by atoms with van der Waals surface area (Å²) in [7, 11) is -3.77. The fourth-order valence-electron chi connectivity index (χ4n) is 2.69. The lowest BCUT2D eigenvalue weighted by atomic mass is 10.2. The minimum absolute atomic E-state index is 0.0176. The highest BCUT2D eigenvalue weighted by atomic mass is 32.2. The number of rotatable bonds is 5. The second-order valence-corrected chi connectivity index (χ2v) is 7.71. The molecule has 26 heavy (non-hydrogen) atoms. The lowest BCUT2D eigenvalue weighted by molar-refractivity contribution is 0.205. The lowest BCUT2D eigenvalue weighted by Gasteiger charge is -2.17. The lowest BCUT2D eigenvalue weighted by Crippen LogP contribution is -2.32. The first kappa shape index (κ1) is 18.2. The van der Waals surface area contributed by atoms with Gasteiger partial charge in [-0.2, -0.15) is 9.57 Å². The van der Waals surface area contributed by atoms with E-state index in [0.717, 1.165) is 12.1 Å². The van der Waals surface area contributed by atoms with Gasteiger partial charge in [-0.3, -0.25) is 0 Å². The normalized spacial score (nSPS) is 17.8. The maximum atomic E-state index is 13.2. The third-order valence-corrected chi connectivity index (χ3v) is 5.64. The van der Waals surface area contributed by atoms with Gasteiger partial charge in [0.05, 0.1) is 12.3 Å². The van der Waals surface area contributed by atoms with Gasteiger partial charge in [0.2, 0.25) is 15.7 Å². The smallest absolute Gasteiger partial charge is 0.251 e. The molecule has 1 aliphatic rings. The second-order valence-electron chi connectivity index (χ2n) is 5.74. The molecule has 2 heterocycles. The Kier molecular flexibility index (Phi) is 5.11. The van der Waals surface area contributed by atoms with E-state index in [1.54, 1.807) is 0 Å². The third-order valence-electron chi connectivity index (χ3n) is 3.82. The van der Waals surface area contributed by atoms with Crippen molar-refractivity contribution in [3.8, 4) is 11.9 Å². The van der Waals surface area contributed by atoms with Crippen LogP contribution in [0.3, 0.4) is 0 Å². The number of ether oxygens (including phenoxy) is 1. The molecule has 0 N–H and O–H groups in total. The first-order valence-corrected chi connectivity index (χ1v) is 9.29. The van der Waals surface area contributed by atoms with Gasteiger partial charge in [0.1, 0.15) is 23.8 Å². The summed E-state index contributed by atoms with van der Waals surface area (Å²) in [4.78, 5) is 7.76. The van der Waals surface area contributed by atoms with Crippen LogP contribution in [0.5, 0.6) is 5.88 Å². The van der Waals surface area contributed by atoms with E-state index in [0.29, 0.717) is 12.5 Å². The third kappa shape index (κ3) is 4.12. The molecule has 1 atom stereocenters. The largest absolute Gasteiger partial charge is 0.471 e. The quantitative estimate of drug-likeness (QED) is 0.782. The van der Waals surface area contributed by atoms with E-state index < -0.39 is 33.5 Å². The summed E-state index contributed by atoms with van der Waals surface area (Å²) in [6.45, 7) is 0.258. The van der Waals surface area contributed by atoms with Crippen molar-refractivity contribution in [3.05, 3.63) is 53.5 Å². The molecule has 3 rings (SSSR count). The first-order chi connectivity index (χ1) is 12.4. The van der Waals surface area contributed by atoms with E-state index in [1.165, 1.54) is 16.7 Å². The van der Waals surface area contributed by atoms with Gasteiger partial charge in [-0.25, -0.2) is 27.2 Å². The minimum atomic E-state index is -3.77. The standard InChI is InChI=1S/C16H14F2N4O3S/c17-12-5-11(6-13(18)7-12)10-26(23,24)22-4-1-14(9-22)25-16-15(8-19)20-2-3-21-16/h2-3,5-7,14H,1,4,9-10H2. The van der Waals surface area contributed by atoms with Gasteiger partial charge in [0.15, 0.2) is 0 Å². The predicted molar refractivity (Wildman–Crippen MR) is 86.3 cm³/mol. The highest BCUT2D eigenvalue weighted by molar-refractivity contribution is 7.88. The molecular weight excluding hydrogens is 366 g/mol. The van der Waals surface area contributed by atoms with Crippen LogP contribution in [0.25, 0.3) is 0 Å². The van der Waals surface area contributed by atoms with Gasteiger partial charge in [-0.05, 0) is 24.1 Å². The average molecular weight is 380 g/mol. The topological polar surface area (TPSA) is 96.2 Å². The summed E-state index contributed by atoms with van der Waals surface area (Å²) in [5.74, 6) is -2.12. The van der Waals surface area contributed by atoms with Crippen LogP contribution in [0, 0.1) is 23.0 Å². The van der Waals surface area contributed by atoms with Crippen molar-refractivity contribution in [2.75, 3.05) is 13.1 Å². The van der Waals surface area contributed by atoms with Crippen LogP contribution >= 0.6 is 0 Å². The van der Waals surface area contributed by atoms with E-state index in [4.69, 9.17) is 10.00 Å². The van der Waals surface area contributed by atoms with Gasteiger partial charge in [-0.1, -0.05) is 0 Å². The summed E-state index contributed by atoms with van der Waals surface area (Å²) < 4.78 is 58.3. The number of hydrogen-bond donors (Lipinski definition) is 0. The van der Waals surface area contributed by atoms with Gasteiger partial charge < -0.3 is 4.74 Å². The maximum Gasteiger partial charge on any atom is 0.251 e. The molecule has 0 radical (unpaired) electrons. The zero-order valence-electron chi connectivity index (χ0n) is 13.5. The molecule has 0 aliphatic carbocycles. The molecule has 2 aromatic rings. The van der Waals surface area contributed by atoms with E-state index in [-0.39, 0.29) is 30.2 Å². The summed E-state index contributed by atoms with van der Waals surface area (Å²) in [6.07, 6.45) is 2.64. The van der Waals surface area contributed by atoms with Crippen LogP contribution in [0.15, 0.2) is 30.6 Å². The SMILES string of the molecule is N#Cc1nccnc1OC1CCN(S(=O)(=O)Cc2cc(F)cc(F)c2)C1. The number of nitrogens with zero attached hydrogens (tertiary/aromatic N) is 4. The molecule has 1 aromatic carbocycles. The fourth-order valence-corrected chi connectivity index (χ4v) is 4.24. The van der Waals surface area contributed by atoms with Crippen LogP contribution < -0.4 is 4.74 Å². The zero-order valence-corrected chi connectivity index (χ0v) is 14.3. The molecule has 1 unspecified atom stereocenters. The highest BCUT2D eigenvalue weighted by Crippen LogP contribution is 2.22. The Labute approximate surface area is 148 Å². The Morgan fingerprint density at radius 2 is 1.92 bits per heavy atom. The molecule has 0 saturated carbocycles. The van der Waals surface area contributed by atoms with Crippen molar-refractivity contribution < 1.29 is 21.9 Å². The Bertz CT molecular complexity index is 942. The van der Waals surface area contributed by atoms with Crippen molar-refractivity contribution in [2.24, 2.45) is 0 Å². The van der Waals surface area contributed by atoms with Gasteiger partial charge in [0, 0.05) is 25.0 Å². The maximum absolute atomic E-state index is 13.2. The molecule has 10 heteroatoms. The Balaban J connectivity index is 1.68. The zero-order chi connectivity index (χ0) is 18.7. The van der Waals surface area contributed by atoms with Crippen molar-refractivity contribution >= 4 is 10.0 Å². The summed E-state index contributed by atoms with van der Waals surface area (Å²) in [5.41, 5.74) is 0.0524. The minimum Gasteiger partial charge on any atom is -0.471 e. The second kappa shape index (κ2) is 7.31. The number of aromatic nitrogens is 2. The predicted octanol–water partition coefficient (Wildman–Crippen LogP) is 1.61. The monoisotopic (exact) mass is 380 g/mol. The molecule has 7 nitrogen and oxygen atoms in total. The fraction of sp³-hybridized carbons (Fsp3) is 0.312. The van der Waals surface area contributed by atoms with Crippen LogP contribution in [-0.2, 0) is 15.8 Å². The van der Waals surface area contributed by atoms with Crippen LogP contribution in [0.4, 0.5) is 8.78 Å². The van der Waals surface area contributed by atoms with Gasteiger partial charge in [-0.15, -0.1) is 0 Å². The van der Waals surface area contributed by atoms with E-state index in [9.17, 15) is 17.2 Å². The number of hydrogen-bond acceptors (Lipinski definition) is 6. The molecule has 0 bridgehead atoms. The molecule has 1 aromatic heterocycles. The molecular formula is C16H14F2N4O3S. The van der Waals surface area contributed by atoms with Crippen molar-refractivity contribution in [2.45, 2.75) is 18.3 Å². The molecule has 0 amide bonds. The number of halogens is 2. The Hall–Kier alpha value is -2.64. The van der Waals surface area contributed by atoms with Crippen LogP contribution in [0.2, 0.25) is 0 Å². The van der Waals surface area contributed by atoms with Crippen LogP contribution in [0.1, 0.15) is 17.7 Å². The van der Waals surface area contributed by atoms with E-state index >= 15 is 0 Å². The van der Waals surface area contributed by atoms with Crippen molar-refractivity contribution in [3.63, 3.8) is 0 Å². The Morgan fingerprint density at radius 3 is 2.62 bits per heavy atom. The van der Waals surface area contributed by atoms with E-state index in [2.05, 4.69) is 9.97 Å². The molecule has 0 spiro atoms. The molecule has 1 aliphatic heterocycles. The van der Waals surface area contributed by atoms with Gasteiger partial charge in [0.25, 0.3) is 5.88 Å². The van der Waals surface area contributed by atoms with Gasteiger partial charge >= 0.3 is 0 Å². The highest BCUT2D eigenvalue weighted by Gasteiger charge is 2.33.